The van der Waals surface area contributed by atoms with Gasteiger partial charge in [-0.2, -0.15) is 0 Å². The lowest BCUT2D eigenvalue weighted by atomic mass is 10.2. The molecular formula is C24H24N2O3. The van der Waals surface area contributed by atoms with Gasteiger partial charge in [0.25, 0.3) is 0 Å². The van der Waals surface area contributed by atoms with Crippen molar-refractivity contribution in [3.63, 3.8) is 0 Å². The van der Waals surface area contributed by atoms with Crippen LogP contribution in [0.15, 0.2) is 78.9 Å². The fourth-order valence-corrected chi connectivity index (χ4v) is 3.44. The van der Waals surface area contributed by atoms with E-state index >= 15 is 0 Å². The van der Waals surface area contributed by atoms with Crippen LogP contribution in [0.2, 0.25) is 0 Å². The van der Waals surface area contributed by atoms with E-state index in [1.54, 1.807) is 0 Å². The van der Waals surface area contributed by atoms with E-state index in [1.807, 2.05) is 66.7 Å². The van der Waals surface area contributed by atoms with Gasteiger partial charge in [-0.15, -0.1) is 0 Å². The summed E-state index contributed by atoms with van der Waals surface area (Å²) in [5.74, 6) is 1.48. The molecule has 0 saturated carbocycles. The molecule has 0 atom stereocenters. The predicted molar refractivity (Wildman–Crippen MR) is 115 cm³/mol. The van der Waals surface area contributed by atoms with Gasteiger partial charge in [-0.05, 0) is 42.3 Å². The summed E-state index contributed by atoms with van der Waals surface area (Å²) in [5, 5.41) is 2.96. The minimum absolute atomic E-state index is 0.0359. The van der Waals surface area contributed by atoms with Crippen molar-refractivity contribution in [1.29, 1.82) is 0 Å². The SMILES string of the molecule is O=C(CN1CCc2ccccc21)Nc1cccc(OCCOc2ccccc2)c1. The van der Waals surface area contributed by atoms with E-state index in [-0.39, 0.29) is 5.91 Å². The fourth-order valence-electron chi connectivity index (χ4n) is 3.44. The Bertz CT molecular complexity index is 959. The van der Waals surface area contributed by atoms with E-state index in [2.05, 4.69) is 22.3 Å². The van der Waals surface area contributed by atoms with Gasteiger partial charge < -0.3 is 19.7 Å². The zero-order chi connectivity index (χ0) is 19.9. The number of nitrogens with zero attached hydrogens (tertiary/aromatic N) is 1. The van der Waals surface area contributed by atoms with Crippen molar-refractivity contribution in [2.75, 3.05) is 36.5 Å². The van der Waals surface area contributed by atoms with E-state index in [9.17, 15) is 4.79 Å². The molecule has 0 saturated heterocycles. The average Bonchev–Trinajstić information content (AvgIpc) is 3.15. The predicted octanol–water partition coefficient (Wildman–Crippen LogP) is 4.15. The first-order valence-corrected chi connectivity index (χ1v) is 9.81. The quantitative estimate of drug-likeness (QED) is 0.589. The maximum atomic E-state index is 12.5. The molecule has 4 rings (SSSR count). The molecule has 5 heteroatoms. The van der Waals surface area contributed by atoms with E-state index in [0.717, 1.165) is 30.1 Å². The average molecular weight is 388 g/mol. The van der Waals surface area contributed by atoms with E-state index in [4.69, 9.17) is 9.47 Å². The molecule has 0 radical (unpaired) electrons. The molecule has 0 spiro atoms. The van der Waals surface area contributed by atoms with Crippen molar-refractivity contribution in [2.24, 2.45) is 0 Å². The number of fused-ring (bicyclic) bond motifs is 1. The second-order valence-electron chi connectivity index (χ2n) is 6.89. The number of rotatable bonds is 8. The van der Waals surface area contributed by atoms with Gasteiger partial charge in [-0.1, -0.05) is 42.5 Å². The van der Waals surface area contributed by atoms with Gasteiger partial charge in [0.1, 0.15) is 24.7 Å². The third kappa shape index (κ3) is 5.08. The number of anilines is 2. The van der Waals surface area contributed by atoms with Crippen LogP contribution in [-0.4, -0.2) is 32.2 Å². The molecule has 0 bridgehead atoms. The molecule has 3 aromatic rings. The van der Waals surface area contributed by atoms with Crippen molar-refractivity contribution < 1.29 is 14.3 Å². The van der Waals surface area contributed by atoms with Gasteiger partial charge in [0.05, 0.1) is 6.54 Å². The lowest BCUT2D eigenvalue weighted by Gasteiger charge is -2.19. The minimum atomic E-state index is -0.0359. The lowest BCUT2D eigenvalue weighted by molar-refractivity contribution is -0.115. The van der Waals surface area contributed by atoms with Gasteiger partial charge in [0.2, 0.25) is 5.91 Å². The van der Waals surface area contributed by atoms with Crippen LogP contribution < -0.4 is 19.7 Å². The Kier molecular flexibility index (Phi) is 5.95. The Balaban J connectivity index is 1.26. The highest BCUT2D eigenvalue weighted by atomic mass is 16.5. The number of amides is 1. The largest absolute Gasteiger partial charge is 0.490 e. The molecule has 1 aliphatic heterocycles. The molecule has 1 N–H and O–H groups in total. The Morgan fingerprint density at radius 2 is 1.59 bits per heavy atom. The Labute approximate surface area is 170 Å². The van der Waals surface area contributed by atoms with Crippen LogP contribution in [0, 0.1) is 0 Å². The molecule has 29 heavy (non-hydrogen) atoms. The van der Waals surface area contributed by atoms with Gasteiger partial charge >= 0.3 is 0 Å². The van der Waals surface area contributed by atoms with Crippen LogP contribution in [0.1, 0.15) is 5.56 Å². The number of nitrogens with one attached hydrogen (secondary N) is 1. The number of hydrogen-bond donors (Lipinski definition) is 1. The number of hydrogen-bond acceptors (Lipinski definition) is 4. The molecule has 1 amide bonds. The molecule has 0 fully saturated rings. The molecule has 3 aromatic carbocycles. The zero-order valence-corrected chi connectivity index (χ0v) is 16.2. The number of para-hydroxylation sites is 2. The Hall–Kier alpha value is -3.47. The van der Waals surface area contributed by atoms with Crippen LogP contribution in [-0.2, 0) is 11.2 Å². The molecule has 1 heterocycles. The Morgan fingerprint density at radius 3 is 2.45 bits per heavy atom. The summed E-state index contributed by atoms with van der Waals surface area (Å²) in [7, 11) is 0. The van der Waals surface area contributed by atoms with Gasteiger partial charge in [-0.25, -0.2) is 0 Å². The van der Waals surface area contributed by atoms with Crippen molar-refractivity contribution in [1.82, 2.24) is 0 Å². The van der Waals surface area contributed by atoms with E-state index < -0.39 is 0 Å². The van der Waals surface area contributed by atoms with Gasteiger partial charge in [0, 0.05) is 24.0 Å². The number of ether oxygens (including phenoxy) is 2. The summed E-state index contributed by atoms with van der Waals surface area (Å²) in [4.78, 5) is 14.6. The Morgan fingerprint density at radius 1 is 0.862 bits per heavy atom. The highest BCUT2D eigenvalue weighted by molar-refractivity contribution is 5.94. The maximum absolute atomic E-state index is 12.5. The van der Waals surface area contributed by atoms with Crippen molar-refractivity contribution in [2.45, 2.75) is 6.42 Å². The summed E-state index contributed by atoms with van der Waals surface area (Å²) in [6.07, 6.45) is 0.984. The third-order valence-corrected chi connectivity index (χ3v) is 4.80. The van der Waals surface area contributed by atoms with Gasteiger partial charge in [-0.3, -0.25) is 4.79 Å². The van der Waals surface area contributed by atoms with Crippen LogP contribution in [0.5, 0.6) is 11.5 Å². The molecule has 0 unspecified atom stereocenters. The molecule has 5 nitrogen and oxygen atoms in total. The summed E-state index contributed by atoms with van der Waals surface area (Å²) >= 11 is 0. The highest BCUT2D eigenvalue weighted by Crippen LogP contribution is 2.27. The third-order valence-electron chi connectivity index (χ3n) is 4.80. The van der Waals surface area contributed by atoms with Crippen molar-refractivity contribution in [3.8, 4) is 11.5 Å². The van der Waals surface area contributed by atoms with Crippen LogP contribution in [0.4, 0.5) is 11.4 Å². The number of benzene rings is 3. The van der Waals surface area contributed by atoms with Gasteiger partial charge in [0.15, 0.2) is 0 Å². The lowest BCUT2D eigenvalue weighted by Crippen LogP contribution is -2.31. The minimum Gasteiger partial charge on any atom is -0.490 e. The first-order valence-electron chi connectivity index (χ1n) is 9.81. The highest BCUT2D eigenvalue weighted by Gasteiger charge is 2.20. The molecule has 0 aliphatic carbocycles. The van der Waals surface area contributed by atoms with E-state index in [1.165, 1.54) is 5.56 Å². The molecular weight excluding hydrogens is 364 g/mol. The van der Waals surface area contributed by atoms with Crippen molar-refractivity contribution in [3.05, 3.63) is 84.4 Å². The van der Waals surface area contributed by atoms with Crippen molar-refractivity contribution >= 4 is 17.3 Å². The second kappa shape index (κ2) is 9.15. The topological polar surface area (TPSA) is 50.8 Å². The first kappa shape index (κ1) is 18.9. The maximum Gasteiger partial charge on any atom is 0.243 e. The molecule has 148 valence electrons. The summed E-state index contributed by atoms with van der Waals surface area (Å²) < 4.78 is 11.4. The zero-order valence-electron chi connectivity index (χ0n) is 16.2. The first-order chi connectivity index (χ1) is 14.3. The molecule has 0 aromatic heterocycles. The van der Waals surface area contributed by atoms with Crippen LogP contribution in [0.25, 0.3) is 0 Å². The monoisotopic (exact) mass is 388 g/mol. The van der Waals surface area contributed by atoms with Crippen LogP contribution >= 0.6 is 0 Å². The summed E-state index contributed by atoms with van der Waals surface area (Å²) in [6.45, 7) is 2.09. The summed E-state index contributed by atoms with van der Waals surface area (Å²) in [5.41, 5.74) is 3.18. The van der Waals surface area contributed by atoms with Crippen LogP contribution in [0.3, 0.4) is 0 Å². The second-order valence-corrected chi connectivity index (χ2v) is 6.89. The molecule has 1 aliphatic rings. The smallest absolute Gasteiger partial charge is 0.243 e. The fraction of sp³-hybridized carbons (Fsp3) is 0.208. The van der Waals surface area contributed by atoms with E-state index in [0.29, 0.717) is 25.5 Å². The number of carbonyl (C=O) groups excluding carboxylic acids is 1. The number of carbonyl (C=O) groups is 1. The summed E-state index contributed by atoms with van der Waals surface area (Å²) in [6, 6.07) is 25.3. The standard InChI is InChI=1S/C24H24N2O3/c27-24(18-26-14-13-19-7-4-5-12-23(19)26)25-20-8-6-11-22(17-20)29-16-15-28-21-9-2-1-3-10-21/h1-12,17H,13-16,18H2,(H,25,27). The normalized spacial score (nSPS) is 12.3.